The van der Waals surface area contributed by atoms with Gasteiger partial charge in [0.1, 0.15) is 12.4 Å². The molecule has 0 saturated carbocycles. The van der Waals surface area contributed by atoms with Gasteiger partial charge >= 0.3 is 12.0 Å². The third kappa shape index (κ3) is 7.21. The average molecular weight is 243 g/mol. The van der Waals surface area contributed by atoms with Gasteiger partial charge in [0, 0.05) is 17.8 Å². The monoisotopic (exact) mass is 243 g/mol. The highest BCUT2D eigenvalue weighted by Gasteiger charge is 2.31. The van der Waals surface area contributed by atoms with Crippen LogP contribution in [0.2, 0.25) is 0 Å². The van der Waals surface area contributed by atoms with Crippen molar-refractivity contribution in [3.63, 3.8) is 0 Å². The van der Waals surface area contributed by atoms with Crippen LogP contribution in [0.1, 0.15) is 33.6 Å². The number of nitro groups is 1. The van der Waals surface area contributed by atoms with Crippen molar-refractivity contribution in [3.8, 4) is 0 Å². The smallest absolute Gasteiger partial charge is 0.381 e. The van der Waals surface area contributed by atoms with Crippen molar-refractivity contribution in [2.45, 2.75) is 39.7 Å². The molecular formula is C11H17NO5. The van der Waals surface area contributed by atoms with Crippen LogP contribution < -0.4 is 0 Å². The molecule has 0 amide bonds. The summed E-state index contributed by atoms with van der Waals surface area (Å²) in [6.07, 6.45) is 1.54. The van der Waals surface area contributed by atoms with Crippen LogP contribution in [0.3, 0.4) is 0 Å². The lowest BCUT2D eigenvalue weighted by molar-refractivity contribution is -0.511. The molecule has 0 rings (SSSR count). The van der Waals surface area contributed by atoms with Gasteiger partial charge < -0.3 is 9.53 Å². The minimum atomic E-state index is -1.45. The van der Waals surface area contributed by atoms with Crippen molar-refractivity contribution in [3.05, 3.63) is 21.8 Å². The lowest BCUT2D eigenvalue weighted by atomic mass is 10.1. The van der Waals surface area contributed by atoms with Crippen molar-refractivity contribution in [1.29, 1.82) is 0 Å². The largest absolute Gasteiger partial charge is 0.456 e. The summed E-state index contributed by atoms with van der Waals surface area (Å²) >= 11 is 0. The molecule has 96 valence electrons. The molecule has 1 atom stereocenters. The van der Waals surface area contributed by atoms with Crippen LogP contribution in [0.4, 0.5) is 0 Å². The van der Waals surface area contributed by atoms with E-state index in [1.165, 1.54) is 6.92 Å². The average Bonchev–Trinajstić information content (AvgIpc) is 2.16. The number of Topliss-reactive ketones (excluding diaryl/α,β-unsaturated/α-hetero) is 1. The summed E-state index contributed by atoms with van der Waals surface area (Å²) in [5.74, 6) is -1.08. The SMILES string of the molecule is CC(=O)CCC(C(=O)OCC=C(C)C)[N+](=O)[O-]. The molecule has 0 radical (unpaired) electrons. The maximum atomic E-state index is 11.4. The number of hydrogen-bond acceptors (Lipinski definition) is 5. The van der Waals surface area contributed by atoms with Gasteiger partial charge in [0.2, 0.25) is 0 Å². The van der Waals surface area contributed by atoms with E-state index in [0.717, 1.165) is 5.57 Å². The molecule has 0 aromatic heterocycles. The van der Waals surface area contributed by atoms with Gasteiger partial charge in [-0.3, -0.25) is 10.1 Å². The molecule has 0 fully saturated rings. The zero-order chi connectivity index (χ0) is 13.4. The van der Waals surface area contributed by atoms with Gasteiger partial charge in [-0.05, 0) is 26.8 Å². The Labute approximate surface area is 99.8 Å². The van der Waals surface area contributed by atoms with E-state index in [-0.39, 0.29) is 25.2 Å². The Kier molecular flexibility index (Phi) is 6.77. The Morgan fingerprint density at radius 3 is 2.35 bits per heavy atom. The van der Waals surface area contributed by atoms with Gasteiger partial charge in [-0.25, -0.2) is 4.79 Å². The number of ether oxygens (including phenoxy) is 1. The second-order valence-electron chi connectivity index (χ2n) is 3.95. The molecule has 0 bridgehead atoms. The van der Waals surface area contributed by atoms with Crippen LogP contribution in [0.25, 0.3) is 0 Å². The number of nitrogens with zero attached hydrogens (tertiary/aromatic N) is 1. The predicted molar refractivity (Wildman–Crippen MR) is 61.1 cm³/mol. The van der Waals surface area contributed by atoms with Gasteiger partial charge in [-0.1, -0.05) is 5.57 Å². The van der Waals surface area contributed by atoms with Crippen molar-refractivity contribution in [1.82, 2.24) is 0 Å². The topological polar surface area (TPSA) is 86.5 Å². The fourth-order valence-electron chi connectivity index (χ4n) is 1.04. The van der Waals surface area contributed by atoms with Crippen LogP contribution >= 0.6 is 0 Å². The van der Waals surface area contributed by atoms with Crippen molar-refractivity contribution in [2.75, 3.05) is 6.61 Å². The van der Waals surface area contributed by atoms with E-state index < -0.39 is 16.9 Å². The number of carbonyl (C=O) groups excluding carboxylic acids is 2. The van der Waals surface area contributed by atoms with E-state index in [4.69, 9.17) is 4.74 Å². The fraction of sp³-hybridized carbons (Fsp3) is 0.636. The molecule has 0 aliphatic carbocycles. The normalized spacial score (nSPS) is 11.5. The number of hydrogen-bond donors (Lipinski definition) is 0. The van der Waals surface area contributed by atoms with Gasteiger partial charge in [0.05, 0.1) is 0 Å². The summed E-state index contributed by atoms with van der Waals surface area (Å²) in [6.45, 7) is 5.00. The second kappa shape index (κ2) is 7.54. The highest BCUT2D eigenvalue weighted by atomic mass is 16.6. The molecular weight excluding hydrogens is 226 g/mol. The van der Waals surface area contributed by atoms with E-state index in [0.29, 0.717) is 0 Å². The Hall–Kier alpha value is -1.72. The Morgan fingerprint density at radius 1 is 1.35 bits per heavy atom. The molecule has 1 unspecified atom stereocenters. The summed E-state index contributed by atoms with van der Waals surface area (Å²) in [5.41, 5.74) is 0.958. The number of esters is 1. The van der Waals surface area contributed by atoms with Crippen LogP contribution in [0.15, 0.2) is 11.6 Å². The molecule has 0 spiro atoms. The molecule has 0 saturated heterocycles. The number of ketones is 1. The van der Waals surface area contributed by atoms with Crippen LogP contribution in [0, 0.1) is 10.1 Å². The van der Waals surface area contributed by atoms with Gasteiger partial charge in [0.25, 0.3) is 0 Å². The molecule has 0 aliphatic heterocycles. The molecule has 6 heteroatoms. The van der Waals surface area contributed by atoms with Crippen molar-refractivity contribution in [2.24, 2.45) is 0 Å². The first-order valence-electron chi connectivity index (χ1n) is 5.27. The van der Waals surface area contributed by atoms with Gasteiger partial charge in [-0.2, -0.15) is 0 Å². The summed E-state index contributed by atoms with van der Waals surface area (Å²) in [4.78, 5) is 32.0. The summed E-state index contributed by atoms with van der Waals surface area (Å²) in [6, 6.07) is -1.45. The van der Waals surface area contributed by atoms with E-state index in [2.05, 4.69) is 0 Å². The van der Waals surface area contributed by atoms with E-state index in [1.54, 1.807) is 6.08 Å². The number of carbonyl (C=O) groups is 2. The van der Waals surface area contributed by atoms with Gasteiger partial charge in [0.15, 0.2) is 0 Å². The lowest BCUT2D eigenvalue weighted by Crippen LogP contribution is -2.32. The Morgan fingerprint density at radius 2 is 1.94 bits per heavy atom. The van der Waals surface area contributed by atoms with E-state index in [1.807, 2.05) is 13.8 Å². The molecule has 6 nitrogen and oxygen atoms in total. The third-order valence-electron chi connectivity index (χ3n) is 2.01. The number of rotatable bonds is 7. The first-order chi connectivity index (χ1) is 7.84. The predicted octanol–water partition coefficient (Wildman–Crippen LogP) is 1.51. The third-order valence-corrected chi connectivity index (χ3v) is 2.01. The Balaban J connectivity index is 4.30. The fourth-order valence-corrected chi connectivity index (χ4v) is 1.04. The lowest BCUT2D eigenvalue weighted by Gasteiger charge is -2.07. The van der Waals surface area contributed by atoms with E-state index >= 15 is 0 Å². The highest BCUT2D eigenvalue weighted by Crippen LogP contribution is 2.05. The number of allylic oxidation sites excluding steroid dienone is 1. The van der Waals surface area contributed by atoms with E-state index in [9.17, 15) is 19.7 Å². The standard InChI is InChI=1S/C11H17NO5/c1-8(2)6-7-17-11(14)10(12(15)16)5-4-9(3)13/h6,10H,4-5,7H2,1-3H3. The zero-order valence-corrected chi connectivity index (χ0v) is 10.3. The molecule has 0 aromatic rings. The Bertz CT molecular complexity index is 331. The maximum Gasteiger partial charge on any atom is 0.381 e. The quantitative estimate of drug-likeness (QED) is 0.293. The minimum Gasteiger partial charge on any atom is -0.456 e. The van der Waals surface area contributed by atoms with Crippen LogP contribution in [-0.4, -0.2) is 29.3 Å². The minimum absolute atomic E-state index is 0.00336. The highest BCUT2D eigenvalue weighted by molar-refractivity contribution is 5.78. The van der Waals surface area contributed by atoms with Crippen LogP contribution in [-0.2, 0) is 14.3 Å². The first-order valence-corrected chi connectivity index (χ1v) is 5.27. The van der Waals surface area contributed by atoms with Crippen LogP contribution in [0.5, 0.6) is 0 Å². The second-order valence-corrected chi connectivity index (χ2v) is 3.95. The molecule has 0 heterocycles. The molecule has 0 N–H and O–H groups in total. The molecule has 0 aromatic carbocycles. The summed E-state index contributed by atoms with van der Waals surface area (Å²) in [5, 5.41) is 10.6. The zero-order valence-electron chi connectivity index (χ0n) is 10.3. The summed E-state index contributed by atoms with van der Waals surface area (Å²) in [7, 11) is 0. The first kappa shape index (κ1) is 15.3. The van der Waals surface area contributed by atoms with Crippen molar-refractivity contribution >= 4 is 11.8 Å². The summed E-state index contributed by atoms with van der Waals surface area (Å²) < 4.78 is 4.74. The molecule has 17 heavy (non-hydrogen) atoms. The van der Waals surface area contributed by atoms with Gasteiger partial charge in [-0.15, -0.1) is 0 Å². The molecule has 0 aliphatic rings. The van der Waals surface area contributed by atoms with Crippen molar-refractivity contribution < 1.29 is 19.2 Å². The maximum absolute atomic E-state index is 11.4.